The van der Waals surface area contributed by atoms with Crippen LogP contribution in [-0.2, 0) is 0 Å². The first-order valence-electron chi connectivity index (χ1n) is 9.01. The molecule has 0 amide bonds. The highest BCUT2D eigenvalue weighted by molar-refractivity contribution is 5.90. The van der Waals surface area contributed by atoms with E-state index >= 15 is 0 Å². The van der Waals surface area contributed by atoms with Gasteiger partial charge in [-0.25, -0.2) is 4.98 Å². The molecule has 0 spiro atoms. The number of nitrogens with zero attached hydrogens (tertiary/aromatic N) is 2. The van der Waals surface area contributed by atoms with Crippen molar-refractivity contribution in [1.82, 2.24) is 9.97 Å². The topological polar surface area (TPSA) is 61.7 Å². The van der Waals surface area contributed by atoms with Gasteiger partial charge < -0.3 is 9.72 Å². The average molecular weight is 345 g/mol. The highest BCUT2D eigenvalue weighted by atomic mass is 16.5. The zero-order valence-corrected chi connectivity index (χ0v) is 15.2. The molecule has 132 valence electrons. The molecule has 0 saturated heterocycles. The molecule has 0 aliphatic rings. The minimum absolute atomic E-state index is 0.510. The molecule has 1 aromatic heterocycles. The smallest absolute Gasteiger partial charge is 0.149 e. The Bertz CT molecular complexity index is 946. The van der Waals surface area contributed by atoms with Gasteiger partial charge in [-0.3, -0.25) is 0 Å². The maximum absolute atomic E-state index is 9.54. The third-order valence-electron chi connectivity index (χ3n) is 4.22. The largest absolute Gasteiger partial charge is 0.494 e. The van der Waals surface area contributed by atoms with E-state index in [0.29, 0.717) is 11.4 Å². The fourth-order valence-electron chi connectivity index (χ4n) is 2.77. The van der Waals surface area contributed by atoms with Crippen LogP contribution in [0.5, 0.6) is 5.75 Å². The quantitative estimate of drug-likeness (QED) is 0.454. The van der Waals surface area contributed by atoms with Gasteiger partial charge in [0.1, 0.15) is 17.6 Å². The van der Waals surface area contributed by atoms with Crippen molar-refractivity contribution in [3.8, 4) is 11.8 Å². The Kier molecular flexibility index (Phi) is 5.70. The predicted octanol–water partition coefficient (Wildman–Crippen LogP) is 5.50. The molecule has 4 nitrogen and oxygen atoms in total. The van der Waals surface area contributed by atoms with Gasteiger partial charge in [-0.15, -0.1) is 0 Å². The van der Waals surface area contributed by atoms with Gasteiger partial charge in [-0.05, 0) is 54.8 Å². The van der Waals surface area contributed by atoms with E-state index in [0.717, 1.165) is 40.9 Å². The van der Waals surface area contributed by atoms with Gasteiger partial charge in [0.05, 0.1) is 23.2 Å². The van der Waals surface area contributed by atoms with E-state index < -0.39 is 0 Å². The van der Waals surface area contributed by atoms with Gasteiger partial charge >= 0.3 is 0 Å². The molecule has 0 bridgehead atoms. The summed E-state index contributed by atoms with van der Waals surface area (Å²) in [6.45, 7) is 4.95. The fourth-order valence-corrected chi connectivity index (χ4v) is 2.77. The number of rotatable bonds is 7. The van der Waals surface area contributed by atoms with Crippen molar-refractivity contribution >= 4 is 22.7 Å². The number of allylic oxidation sites excluding steroid dienone is 1. The van der Waals surface area contributed by atoms with Crippen LogP contribution in [0.25, 0.3) is 22.7 Å². The predicted molar refractivity (Wildman–Crippen MR) is 106 cm³/mol. The van der Waals surface area contributed by atoms with E-state index in [-0.39, 0.29) is 0 Å². The molecule has 1 N–H and O–H groups in total. The average Bonchev–Trinajstić information content (AvgIpc) is 3.07. The van der Waals surface area contributed by atoms with Crippen molar-refractivity contribution < 1.29 is 4.74 Å². The number of fused-ring (bicyclic) bond motifs is 1. The van der Waals surface area contributed by atoms with Crippen molar-refractivity contribution in [3.63, 3.8) is 0 Å². The maximum atomic E-state index is 9.54. The molecule has 0 aliphatic heterocycles. The first-order chi connectivity index (χ1) is 12.7. The van der Waals surface area contributed by atoms with Crippen LogP contribution in [0, 0.1) is 18.3 Å². The molecular formula is C22H23N3O. The van der Waals surface area contributed by atoms with Crippen molar-refractivity contribution in [3.05, 3.63) is 59.4 Å². The maximum Gasteiger partial charge on any atom is 0.149 e. The van der Waals surface area contributed by atoms with E-state index in [9.17, 15) is 5.26 Å². The van der Waals surface area contributed by atoms with E-state index in [2.05, 4.69) is 23.0 Å². The second-order valence-electron chi connectivity index (χ2n) is 6.40. The van der Waals surface area contributed by atoms with Crippen molar-refractivity contribution in [1.29, 1.82) is 5.26 Å². The number of aromatic amines is 1. The molecular weight excluding hydrogens is 322 g/mol. The van der Waals surface area contributed by atoms with Crippen LogP contribution in [0.3, 0.4) is 0 Å². The molecule has 1 heterocycles. The number of H-pyrrole nitrogens is 1. The Morgan fingerprint density at radius 2 is 2.00 bits per heavy atom. The van der Waals surface area contributed by atoms with E-state index in [1.165, 1.54) is 12.8 Å². The van der Waals surface area contributed by atoms with Crippen LogP contribution < -0.4 is 4.74 Å². The summed E-state index contributed by atoms with van der Waals surface area (Å²) in [5.41, 5.74) is 4.42. The molecule has 0 radical (unpaired) electrons. The van der Waals surface area contributed by atoms with Crippen LogP contribution >= 0.6 is 0 Å². The third-order valence-corrected chi connectivity index (χ3v) is 4.22. The molecule has 0 unspecified atom stereocenters. The molecule has 3 rings (SSSR count). The van der Waals surface area contributed by atoms with Crippen LogP contribution in [-0.4, -0.2) is 16.6 Å². The molecule has 0 saturated carbocycles. The van der Waals surface area contributed by atoms with E-state index in [1.54, 1.807) is 0 Å². The summed E-state index contributed by atoms with van der Waals surface area (Å²) >= 11 is 0. The Hall–Kier alpha value is -3.06. The second-order valence-corrected chi connectivity index (χ2v) is 6.40. The summed E-state index contributed by atoms with van der Waals surface area (Å²) in [6, 6.07) is 16.0. The first kappa shape index (κ1) is 17.8. The second kappa shape index (κ2) is 8.35. The first-order valence-corrected chi connectivity index (χ1v) is 9.01. The lowest BCUT2D eigenvalue weighted by molar-refractivity contribution is 0.306. The number of aromatic nitrogens is 2. The zero-order chi connectivity index (χ0) is 18.4. The van der Waals surface area contributed by atoms with Crippen LogP contribution in [0.1, 0.15) is 43.1 Å². The summed E-state index contributed by atoms with van der Waals surface area (Å²) in [4.78, 5) is 7.76. The standard InChI is InChI=1S/C22H23N3O/c1-3-4-5-12-26-19-9-7-17(8-10-19)14-18(15-23)22-24-20-11-6-16(2)13-21(20)25-22/h6-11,13-14H,3-5,12H2,1-2H3,(H,24,25)/b18-14-. The Balaban J connectivity index is 1.76. The van der Waals surface area contributed by atoms with Gasteiger partial charge in [-0.2, -0.15) is 5.26 Å². The molecule has 4 heteroatoms. The summed E-state index contributed by atoms with van der Waals surface area (Å²) in [7, 11) is 0. The minimum Gasteiger partial charge on any atom is -0.494 e. The van der Waals surface area contributed by atoms with Crippen molar-refractivity contribution in [2.24, 2.45) is 0 Å². The highest BCUT2D eigenvalue weighted by Crippen LogP contribution is 2.21. The number of benzene rings is 2. The van der Waals surface area contributed by atoms with Crippen LogP contribution in [0.2, 0.25) is 0 Å². The van der Waals surface area contributed by atoms with Gasteiger partial charge in [0.2, 0.25) is 0 Å². The minimum atomic E-state index is 0.510. The zero-order valence-electron chi connectivity index (χ0n) is 15.2. The lowest BCUT2D eigenvalue weighted by Gasteiger charge is -2.05. The summed E-state index contributed by atoms with van der Waals surface area (Å²) in [5, 5.41) is 9.54. The van der Waals surface area contributed by atoms with Gasteiger partial charge in [0, 0.05) is 0 Å². The van der Waals surface area contributed by atoms with Crippen LogP contribution in [0.15, 0.2) is 42.5 Å². The number of aryl methyl sites for hydroxylation is 1. The van der Waals surface area contributed by atoms with E-state index in [1.807, 2.05) is 55.5 Å². The van der Waals surface area contributed by atoms with Gasteiger partial charge in [-0.1, -0.05) is 38.0 Å². The molecule has 0 atom stereocenters. The summed E-state index contributed by atoms with van der Waals surface area (Å²) < 4.78 is 5.73. The molecule has 2 aromatic carbocycles. The Labute approximate surface area is 154 Å². The summed E-state index contributed by atoms with van der Waals surface area (Å²) in [5.74, 6) is 1.45. The van der Waals surface area contributed by atoms with Crippen molar-refractivity contribution in [2.45, 2.75) is 33.1 Å². The van der Waals surface area contributed by atoms with Gasteiger partial charge in [0.15, 0.2) is 0 Å². The number of hydrogen-bond acceptors (Lipinski definition) is 3. The molecule has 0 fully saturated rings. The number of nitriles is 1. The Morgan fingerprint density at radius 1 is 1.19 bits per heavy atom. The summed E-state index contributed by atoms with van der Waals surface area (Å²) in [6.07, 6.45) is 5.28. The molecule has 3 aromatic rings. The van der Waals surface area contributed by atoms with Crippen molar-refractivity contribution in [2.75, 3.05) is 6.61 Å². The fraction of sp³-hybridized carbons (Fsp3) is 0.273. The SMILES string of the molecule is CCCCCOc1ccc(/C=C(/C#N)c2nc3ccc(C)cc3[nH]2)cc1. The lowest BCUT2D eigenvalue weighted by Crippen LogP contribution is -1.96. The highest BCUT2D eigenvalue weighted by Gasteiger charge is 2.08. The van der Waals surface area contributed by atoms with Gasteiger partial charge in [0.25, 0.3) is 0 Å². The van der Waals surface area contributed by atoms with Crippen LogP contribution in [0.4, 0.5) is 0 Å². The Morgan fingerprint density at radius 3 is 2.73 bits per heavy atom. The third kappa shape index (κ3) is 4.31. The number of nitrogens with one attached hydrogen (secondary N) is 1. The number of unbranched alkanes of at least 4 members (excludes halogenated alkanes) is 2. The lowest BCUT2D eigenvalue weighted by atomic mass is 10.1. The monoisotopic (exact) mass is 345 g/mol. The molecule has 0 aliphatic carbocycles. The molecule has 26 heavy (non-hydrogen) atoms. The normalized spacial score (nSPS) is 11.5. The van der Waals surface area contributed by atoms with E-state index in [4.69, 9.17) is 4.74 Å². The number of ether oxygens (including phenoxy) is 1. The number of hydrogen-bond donors (Lipinski definition) is 1. The number of imidazole rings is 1.